The number of carbonyl (C=O) groups is 1. The van der Waals surface area contributed by atoms with Crippen LogP contribution in [0, 0.1) is 20.8 Å². The molecule has 3 aromatic rings. The number of benzene rings is 1. The summed E-state index contributed by atoms with van der Waals surface area (Å²) in [6.07, 6.45) is 1.78. The Morgan fingerprint density at radius 1 is 1.19 bits per heavy atom. The molecule has 0 spiro atoms. The van der Waals surface area contributed by atoms with Gasteiger partial charge in [-0.15, -0.1) is 11.3 Å². The van der Waals surface area contributed by atoms with Gasteiger partial charge in [0.2, 0.25) is 0 Å². The molecular formula is C20H23N3O2S. The van der Waals surface area contributed by atoms with Crippen molar-refractivity contribution in [2.45, 2.75) is 33.9 Å². The smallest absolute Gasteiger partial charge is 0.261 e. The second-order valence-electron chi connectivity index (χ2n) is 6.49. The maximum Gasteiger partial charge on any atom is 0.261 e. The number of hydrogen-bond donors (Lipinski definition) is 1. The highest BCUT2D eigenvalue weighted by Crippen LogP contribution is 2.20. The fourth-order valence-electron chi connectivity index (χ4n) is 2.73. The van der Waals surface area contributed by atoms with Crippen LogP contribution in [-0.2, 0) is 20.2 Å². The molecule has 0 aliphatic carbocycles. The molecule has 2 aromatic heterocycles. The van der Waals surface area contributed by atoms with Crippen molar-refractivity contribution in [1.29, 1.82) is 0 Å². The molecule has 1 aromatic carbocycles. The monoisotopic (exact) mass is 369 g/mol. The van der Waals surface area contributed by atoms with E-state index in [9.17, 15) is 4.79 Å². The van der Waals surface area contributed by atoms with Crippen molar-refractivity contribution in [3.8, 4) is 5.75 Å². The Kier molecular flexibility index (Phi) is 5.42. The van der Waals surface area contributed by atoms with Crippen molar-refractivity contribution in [2.75, 3.05) is 0 Å². The van der Waals surface area contributed by atoms with Gasteiger partial charge in [0.25, 0.3) is 5.91 Å². The van der Waals surface area contributed by atoms with Gasteiger partial charge >= 0.3 is 0 Å². The molecular weight excluding hydrogens is 346 g/mol. The van der Waals surface area contributed by atoms with E-state index in [0.29, 0.717) is 18.0 Å². The molecule has 1 amide bonds. The van der Waals surface area contributed by atoms with Gasteiger partial charge in [-0.25, -0.2) is 0 Å². The Hall–Kier alpha value is -2.60. The molecule has 2 heterocycles. The molecule has 0 saturated heterocycles. The summed E-state index contributed by atoms with van der Waals surface area (Å²) < 4.78 is 7.66. The number of nitrogens with zero attached hydrogens (tertiary/aromatic N) is 2. The lowest BCUT2D eigenvalue weighted by atomic mass is 10.1. The van der Waals surface area contributed by atoms with Crippen LogP contribution in [0.25, 0.3) is 0 Å². The summed E-state index contributed by atoms with van der Waals surface area (Å²) in [5, 5.41) is 9.10. The summed E-state index contributed by atoms with van der Waals surface area (Å²) in [5.74, 6) is 0.780. The molecule has 0 radical (unpaired) electrons. The molecule has 0 saturated carbocycles. The highest BCUT2D eigenvalue weighted by Gasteiger charge is 2.11. The summed E-state index contributed by atoms with van der Waals surface area (Å²) in [6, 6.07) is 8.04. The Morgan fingerprint density at radius 2 is 1.92 bits per heavy atom. The van der Waals surface area contributed by atoms with Crippen LogP contribution >= 0.6 is 11.3 Å². The number of thiophene rings is 1. The molecule has 0 aliphatic heterocycles. The van der Waals surface area contributed by atoms with E-state index in [-0.39, 0.29) is 5.91 Å². The van der Waals surface area contributed by atoms with Crippen molar-refractivity contribution in [1.82, 2.24) is 15.1 Å². The minimum absolute atomic E-state index is 0.0732. The second-order valence-corrected chi connectivity index (χ2v) is 7.40. The maximum atomic E-state index is 12.3. The first-order chi connectivity index (χ1) is 12.4. The van der Waals surface area contributed by atoms with Gasteiger partial charge in [0.1, 0.15) is 12.4 Å². The minimum atomic E-state index is -0.0732. The lowest BCUT2D eigenvalue weighted by Crippen LogP contribution is -2.22. The molecule has 5 nitrogen and oxygen atoms in total. The molecule has 0 atom stereocenters. The normalized spacial score (nSPS) is 10.8. The predicted molar refractivity (Wildman–Crippen MR) is 104 cm³/mol. The van der Waals surface area contributed by atoms with Crippen LogP contribution in [0.3, 0.4) is 0 Å². The predicted octanol–water partition coefficient (Wildman–Crippen LogP) is 3.92. The lowest BCUT2D eigenvalue weighted by Gasteiger charge is -2.07. The van der Waals surface area contributed by atoms with E-state index in [1.54, 1.807) is 10.9 Å². The number of carbonyl (C=O) groups excluding carboxylic acids is 1. The first-order valence-electron chi connectivity index (χ1n) is 8.46. The van der Waals surface area contributed by atoms with Crippen LogP contribution in [0.2, 0.25) is 0 Å². The summed E-state index contributed by atoms with van der Waals surface area (Å²) in [5.41, 5.74) is 5.43. The summed E-state index contributed by atoms with van der Waals surface area (Å²) >= 11 is 1.43. The van der Waals surface area contributed by atoms with Gasteiger partial charge in [-0.1, -0.05) is 6.07 Å². The van der Waals surface area contributed by atoms with Gasteiger partial charge in [-0.3, -0.25) is 9.48 Å². The Labute approximate surface area is 157 Å². The molecule has 0 unspecified atom stereocenters. The number of nitrogens with one attached hydrogen (secondary N) is 1. The van der Waals surface area contributed by atoms with Crippen LogP contribution in [0.4, 0.5) is 0 Å². The number of aryl methyl sites for hydroxylation is 3. The fourth-order valence-corrected chi connectivity index (χ4v) is 3.55. The Morgan fingerprint density at radius 3 is 2.58 bits per heavy atom. The van der Waals surface area contributed by atoms with Gasteiger partial charge in [0, 0.05) is 30.4 Å². The van der Waals surface area contributed by atoms with Gasteiger partial charge in [0.05, 0.1) is 11.1 Å². The van der Waals surface area contributed by atoms with Crippen molar-refractivity contribution in [3.05, 3.63) is 68.7 Å². The summed E-state index contributed by atoms with van der Waals surface area (Å²) in [4.78, 5) is 13.0. The summed E-state index contributed by atoms with van der Waals surface area (Å²) in [7, 11) is 1.89. The zero-order valence-electron chi connectivity index (χ0n) is 15.5. The van der Waals surface area contributed by atoms with Crippen molar-refractivity contribution in [3.63, 3.8) is 0 Å². The maximum absolute atomic E-state index is 12.3. The summed E-state index contributed by atoms with van der Waals surface area (Å²) in [6.45, 7) is 7.02. The SMILES string of the molecule is Cc1cc(C)cc(OCc2csc(C(=O)NCc3cnn(C)c3C)c2)c1. The average Bonchev–Trinajstić information content (AvgIpc) is 3.18. The van der Waals surface area contributed by atoms with Crippen LogP contribution in [0.5, 0.6) is 5.75 Å². The van der Waals surface area contributed by atoms with Gasteiger partial charge in [-0.05, 0) is 55.5 Å². The van der Waals surface area contributed by atoms with E-state index in [0.717, 1.165) is 22.6 Å². The largest absolute Gasteiger partial charge is 0.489 e. The number of hydrogen-bond acceptors (Lipinski definition) is 4. The van der Waals surface area contributed by atoms with Gasteiger partial charge in [0.15, 0.2) is 0 Å². The lowest BCUT2D eigenvalue weighted by molar-refractivity contribution is 0.0955. The van der Waals surface area contributed by atoms with Crippen LogP contribution < -0.4 is 10.1 Å². The quantitative estimate of drug-likeness (QED) is 0.717. The van der Waals surface area contributed by atoms with E-state index in [1.807, 2.05) is 37.6 Å². The third-order valence-corrected chi connectivity index (χ3v) is 5.23. The molecule has 26 heavy (non-hydrogen) atoms. The molecule has 136 valence electrons. The average molecular weight is 369 g/mol. The highest BCUT2D eigenvalue weighted by atomic mass is 32.1. The second kappa shape index (κ2) is 7.74. The van der Waals surface area contributed by atoms with E-state index < -0.39 is 0 Å². The van der Waals surface area contributed by atoms with E-state index >= 15 is 0 Å². The van der Waals surface area contributed by atoms with Crippen LogP contribution in [-0.4, -0.2) is 15.7 Å². The molecule has 1 N–H and O–H groups in total. The molecule has 3 rings (SSSR count). The highest BCUT2D eigenvalue weighted by molar-refractivity contribution is 7.12. The third-order valence-electron chi connectivity index (χ3n) is 4.25. The van der Waals surface area contributed by atoms with E-state index in [1.165, 1.54) is 22.5 Å². The number of rotatable bonds is 6. The molecule has 0 bridgehead atoms. The zero-order chi connectivity index (χ0) is 18.7. The standard InChI is InChI=1S/C20H23N3O2S/c1-13-5-14(2)7-18(6-13)25-11-16-8-19(26-12-16)20(24)21-9-17-10-22-23(4)15(17)3/h5-8,10,12H,9,11H2,1-4H3,(H,21,24). The Bertz CT molecular complexity index is 907. The molecule has 0 fully saturated rings. The molecule has 0 aliphatic rings. The topological polar surface area (TPSA) is 56.1 Å². The van der Waals surface area contributed by atoms with E-state index in [2.05, 4.69) is 30.3 Å². The zero-order valence-corrected chi connectivity index (χ0v) is 16.3. The minimum Gasteiger partial charge on any atom is -0.489 e. The van der Waals surface area contributed by atoms with Crippen LogP contribution in [0.1, 0.15) is 37.6 Å². The Balaban J connectivity index is 1.56. The van der Waals surface area contributed by atoms with Crippen molar-refractivity contribution < 1.29 is 9.53 Å². The van der Waals surface area contributed by atoms with Crippen LogP contribution in [0.15, 0.2) is 35.8 Å². The van der Waals surface area contributed by atoms with Gasteiger partial charge in [-0.2, -0.15) is 5.10 Å². The third kappa shape index (κ3) is 4.32. The van der Waals surface area contributed by atoms with Crippen molar-refractivity contribution >= 4 is 17.2 Å². The first-order valence-corrected chi connectivity index (χ1v) is 9.34. The number of aromatic nitrogens is 2. The number of amides is 1. The first kappa shape index (κ1) is 18.2. The molecule has 6 heteroatoms. The number of ether oxygens (including phenoxy) is 1. The van der Waals surface area contributed by atoms with Crippen molar-refractivity contribution in [2.24, 2.45) is 7.05 Å². The van der Waals surface area contributed by atoms with Gasteiger partial charge < -0.3 is 10.1 Å². The van der Waals surface area contributed by atoms with E-state index in [4.69, 9.17) is 4.74 Å². The fraction of sp³-hybridized carbons (Fsp3) is 0.300.